The van der Waals surface area contributed by atoms with Crippen molar-refractivity contribution in [3.05, 3.63) is 77.7 Å². The molecule has 1 atom stereocenters. The van der Waals surface area contributed by atoms with Crippen LogP contribution in [0.5, 0.6) is 0 Å². The van der Waals surface area contributed by atoms with Gasteiger partial charge in [-0.2, -0.15) is 5.10 Å². The molecule has 1 amide bonds. The first kappa shape index (κ1) is 20.5. The highest BCUT2D eigenvalue weighted by Gasteiger charge is 2.12. The van der Waals surface area contributed by atoms with Crippen LogP contribution in [0.2, 0.25) is 0 Å². The molecule has 0 bridgehead atoms. The normalized spacial score (nSPS) is 11.6. The standard InChI is InChI=1S/C20H17FN3O4P/c1-24-12-16(20(23-24)15-4-7-17(21)8-5-15)6-11-19(25)22-18-9-2-14(3-10-18)13-28-29(26)27/h2-12H,13H2,1H3,(H-,22,25,26,27)/p+1. The molecule has 0 saturated carbocycles. The minimum Gasteiger partial charge on any atom is -0.323 e. The largest absolute Gasteiger partial charge is 0.695 e. The molecule has 148 valence electrons. The van der Waals surface area contributed by atoms with Gasteiger partial charge >= 0.3 is 8.25 Å². The van der Waals surface area contributed by atoms with Crippen LogP contribution in [0.15, 0.2) is 60.8 Å². The van der Waals surface area contributed by atoms with E-state index in [0.717, 1.165) is 11.1 Å². The van der Waals surface area contributed by atoms with Gasteiger partial charge in [0.25, 0.3) is 0 Å². The molecule has 2 N–H and O–H groups in total. The lowest BCUT2D eigenvalue weighted by Crippen LogP contribution is -2.07. The summed E-state index contributed by atoms with van der Waals surface area (Å²) in [5.41, 5.74) is 3.38. The highest BCUT2D eigenvalue weighted by atomic mass is 31.1. The lowest BCUT2D eigenvalue weighted by atomic mass is 10.1. The van der Waals surface area contributed by atoms with Crippen molar-refractivity contribution in [3.63, 3.8) is 0 Å². The Morgan fingerprint density at radius 2 is 1.93 bits per heavy atom. The van der Waals surface area contributed by atoms with Gasteiger partial charge in [-0.05, 0) is 48.0 Å². The van der Waals surface area contributed by atoms with E-state index in [1.165, 1.54) is 18.2 Å². The van der Waals surface area contributed by atoms with Gasteiger partial charge in [0.05, 0.1) is 5.69 Å². The second kappa shape index (κ2) is 9.34. The number of nitrogens with one attached hydrogen (secondary N) is 1. The molecule has 0 aliphatic carbocycles. The molecule has 0 aliphatic rings. The number of aromatic nitrogens is 2. The van der Waals surface area contributed by atoms with E-state index in [9.17, 15) is 13.8 Å². The smallest absolute Gasteiger partial charge is 0.323 e. The Bertz CT molecular complexity index is 1050. The van der Waals surface area contributed by atoms with E-state index >= 15 is 0 Å². The number of anilines is 1. The number of hydrogen-bond acceptors (Lipinski definition) is 4. The van der Waals surface area contributed by atoms with Crippen LogP contribution in [-0.4, -0.2) is 20.6 Å². The van der Waals surface area contributed by atoms with Crippen LogP contribution in [0.3, 0.4) is 0 Å². The first-order valence-corrected chi connectivity index (χ1v) is 9.70. The molecule has 9 heteroatoms. The highest BCUT2D eigenvalue weighted by Crippen LogP contribution is 2.23. The van der Waals surface area contributed by atoms with E-state index in [1.807, 2.05) is 0 Å². The lowest BCUT2D eigenvalue weighted by Gasteiger charge is -2.03. The van der Waals surface area contributed by atoms with Crippen molar-refractivity contribution in [1.29, 1.82) is 0 Å². The van der Waals surface area contributed by atoms with E-state index in [1.54, 1.807) is 60.4 Å². The highest BCUT2D eigenvalue weighted by molar-refractivity contribution is 7.32. The lowest BCUT2D eigenvalue weighted by molar-refractivity contribution is -0.111. The molecule has 3 rings (SSSR count). The molecule has 7 nitrogen and oxygen atoms in total. The predicted octanol–water partition coefficient (Wildman–Crippen LogP) is 4.04. The number of aryl methyl sites for hydroxylation is 1. The molecule has 2 aromatic carbocycles. The monoisotopic (exact) mass is 414 g/mol. The van der Waals surface area contributed by atoms with Crippen LogP contribution >= 0.6 is 8.25 Å². The second-order valence-corrected chi connectivity index (χ2v) is 6.88. The Kier molecular flexibility index (Phi) is 6.61. The molecule has 1 unspecified atom stereocenters. The van der Waals surface area contributed by atoms with Crippen molar-refractivity contribution in [3.8, 4) is 11.3 Å². The van der Waals surface area contributed by atoms with Crippen molar-refractivity contribution < 1.29 is 23.2 Å². The van der Waals surface area contributed by atoms with Gasteiger partial charge < -0.3 is 5.32 Å². The molecule has 29 heavy (non-hydrogen) atoms. The van der Waals surface area contributed by atoms with Crippen LogP contribution < -0.4 is 5.32 Å². The fraction of sp³-hybridized carbons (Fsp3) is 0.100. The summed E-state index contributed by atoms with van der Waals surface area (Å²) in [5.74, 6) is -0.662. The SMILES string of the molecule is Cn1cc(C=CC(=O)Nc2ccc(CO[P+](=O)O)cc2)c(-c2ccc(F)cc2)n1. The minimum atomic E-state index is -2.65. The first-order valence-electron chi connectivity index (χ1n) is 8.57. The maximum Gasteiger partial charge on any atom is 0.695 e. The zero-order chi connectivity index (χ0) is 20.8. The number of carbonyl (C=O) groups is 1. The third kappa shape index (κ3) is 5.89. The molecule has 0 aliphatic heterocycles. The summed E-state index contributed by atoms with van der Waals surface area (Å²) in [6.45, 7) is 0.00695. The van der Waals surface area contributed by atoms with Crippen molar-refractivity contribution >= 4 is 25.9 Å². The van der Waals surface area contributed by atoms with Crippen molar-refractivity contribution in [1.82, 2.24) is 9.78 Å². The van der Waals surface area contributed by atoms with E-state index in [2.05, 4.69) is 14.9 Å². The van der Waals surface area contributed by atoms with Crippen LogP contribution in [0.4, 0.5) is 10.1 Å². The summed E-state index contributed by atoms with van der Waals surface area (Å²) in [6, 6.07) is 12.7. The molecule has 1 heterocycles. The Labute approximate surface area is 167 Å². The summed E-state index contributed by atoms with van der Waals surface area (Å²) in [7, 11) is -0.880. The maximum absolute atomic E-state index is 13.1. The summed E-state index contributed by atoms with van der Waals surface area (Å²) >= 11 is 0. The zero-order valence-corrected chi connectivity index (χ0v) is 16.3. The fourth-order valence-corrected chi connectivity index (χ4v) is 2.88. The number of carbonyl (C=O) groups excluding carboxylic acids is 1. The first-order chi connectivity index (χ1) is 13.9. The molecule has 0 fully saturated rings. The maximum atomic E-state index is 13.1. The third-order valence-corrected chi connectivity index (χ3v) is 4.30. The van der Waals surface area contributed by atoms with Crippen molar-refractivity contribution in [2.75, 3.05) is 5.32 Å². The van der Waals surface area contributed by atoms with Gasteiger partial charge in [-0.25, -0.2) is 4.39 Å². The van der Waals surface area contributed by atoms with Gasteiger partial charge in [0.1, 0.15) is 12.4 Å². The predicted molar refractivity (Wildman–Crippen MR) is 107 cm³/mol. The molecule has 1 aromatic heterocycles. The summed E-state index contributed by atoms with van der Waals surface area (Å²) in [4.78, 5) is 20.9. The number of rotatable bonds is 7. The van der Waals surface area contributed by atoms with E-state index in [-0.39, 0.29) is 18.3 Å². The molecular weight excluding hydrogens is 396 g/mol. The van der Waals surface area contributed by atoms with Gasteiger partial charge in [0.15, 0.2) is 0 Å². The molecule has 3 aromatic rings. The average molecular weight is 414 g/mol. The Morgan fingerprint density at radius 1 is 1.24 bits per heavy atom. The summed E-state index contributed by atoms with van der Waals surface area (Å²) < 4.78 is 29.9. The van der Waals surface area contributed by atoms with Gasteiger partial charge in [-0.1, -0.05) is 12.1 Å². The number of nitrogens with zero attached hydrogens (tertiary/aromatic N) is 2. The van der Waals surface area contributed by atoms with Gasteiger partial charge in [-0.3, -0.25) is 9.48 Å². The zero-order valence-electron chi connectivity index (χ0n) is 15.4. The van der Waals surface area contributed by atoms with E-state index < -0.39 is 8.25 Å². The number of hydrogen-bond donors (Lipinski definition) is 2. The second-order valence-electron chi connectivity index (χ2n) is 6.14. The Morgan fingerprint density at radius 3 is 2.59 bits per heavy atom. The Balaban J connectivity index is 1.67. The van der Waals surface area contributed by atoms with E-state index in [0.29, 0.717) is 16.9 Å². The van der Waals surface area contributed by atoms with Crippen molar-refractivity contribution in [2.45, 2.75) is 6.61 Å². The fourth-order valence-electron chi connectivity index (χ4n) is 2.62. The van der Waals surface area contributed by atoms with Gasteiger partial charge in [-0.15, -0.1) is 9.42 Å². The van der Waals surface area contributed by atoms with Crippen LogP contribution in [0, 0.1) is 5.82 Å². The molecule has 0 spiro atoms. The quantitative estimate of drug-likeness (QED) is 0.450. The van der Waals surface area contributed by atoms with Crippen LogP contribution in [0.1, 0.15) is 11.1 Å². The van der Waals surface area contributed by atoms with Gasteiger partial charge in [0.2, 0.25) is 5.91 Å². The Hall–Kier alpha value is -3.19. The third-order valence-electron chi connectivity index (χ3n) is 3.95. The number of amides is 1. The van der Waals surface area contributed by atoms with Crippen molar-refractivity contribution in [2.24, 2.45) is 7.05 Å². The van der Waals surface area contributed by atoms with Gasteiger partial charge in [0, 0.05) is 40.7 Å². The molecule has 0 saturated heterocycles. The summed E-state index contributed by atoms with van der Waals surface area (Å²) in [5, 5.41) is 7.10. The number of halogens is 1. The number of benzene rings is 2. The van der Waals surface area contributed by atoms with Crippen LogP contribution in [0.25, 0.3) is 17.3 Å². The summed E-state index contributed by atoms with van der Waals surface area (Å²) in [6.07, 6.45) is 4.79. The van der Waals surface area contributed by atoms with Crippen LogP contribution in [-0.2, 0) is 27.5 Å². The average Bonchev–Trinajstić information content (AvgIpc) is 3.07. The van der Waals surface area contributed by atoms with E-state index in [4.69, 9.17) is 4.89 Å². The molecular formula is C20H18FN3O4P+. The minimum absolute atomic E-state index is 0.00695. The molecule has 0 radical (unpaired) electrons. The topological polar surface area (TPSA) is 93.5 Å².